The van der Waals surface area contributed by atoms with Gasteiger partial charge >= 0.3 is 0 Å². The first-order chi connectivity index (χ1) is 4.15. The fourth-order valence-corrected chi connectivity index (χ4v) is 10.6. The fourth-order valence-electron chi connectivity index (χ4n) is 0.131. The second-order valence-corrected chi connectivity index (χ2v) is 19.6. The van der Waals surface area contributed by atoms with Crippen LogP contribution < -0.4 is 0 Å². The minimum absolute atomic E-state index is 0.788. The third kappa shape index (κ3) is 5.04. The van der Waals surface area contributed by atoms with Crippen molar-refractivity contribution in [2.75, 3.05) is 0 Å². The largest absolute Gasteiger partial charge is 0.611 e. The molecule has 0 unspecified atom stereocenters. The minimum atomic E-state index is -1.25. The van der Waals surface area contributed by atoms with Gasteiger partial charge in [0.05, 0.1) is 0 Å². The fraction of sp³-hybridized carbons (Fsp3) is 1.00. The van der Waals surface area contributed by atoms with Crippen LogP contribution in [0.5, 0.6) is 0 Å². The summed E-state index contributed by atoms with van der Waals surface area (Å²) in [5.74, 6) is 0. The molecule has 0 saturated heterocycles. The van der Waals surface area contributed by atoms with Crippen LogP contribution in [0.25, 0.3) is 0 Å². The summed E-state index contributed by atoms with van der Waals surface area (Å²) in [5.41, 5.74) is 0. The molecule has 0 aromatic heterocycles. The van der Waals surface area contributed by atoms with Crippen molar-refractivity contribution in [1.82, 2.24) is 0 Å². The summed E-state index contributed by atoms with van der Waals surface area (Å²) >= 11 is 17.5. The highest BCUT2D eigenvalue weighted by Gasteiger charge is 2.46. The van der Waals surface area contributed by atoms with Crippen molar-refractivity contribution in [2.24, 2.45) is 0 Å². The van der Waals surface area contributed by atoms with Crippen molar-refractivity contribution in [3.8, 4) is 0 Å². The average molecular weight is 552 g/mol. The van der Waals surface area contributed by atoms with Crippen LogP contribution in [0.4, 0.5) is 0 Å². The Balaban J connectivity index is 4.23. The molecule has 0 aliphatic rings. The molecule has 0 saturated carbocycles. The Hall–Kier alpha value is 3.19. The first-order valence-corrected chi connectivity index (χ1v) is 7.62. The van der Waals surface area contributed by atoms with Crippen molar-refractivity contribution in [2.45, 2.75) is 2.95 Å². The summed E-state index contributed by atoms with van der Waals surface area (Å²) < 4.78 is 9.74. The van der Waals surface area contributed by atoms with Gasteiger partial charge in [-0.3, -0.25) is 0 Å². The smallest absolute Gasteiger partial charge is 0.288 e. The van der Waals surface area contributed by atoms with E-state index in [1.165, 1.54) is 0 Å². The van der Waals surface area contributed by atoms with Crippen LogP contribution in [0.3, 0.4) is 0 Å². The van der Waals surface area contributed by atoms with E-state index in [1.54, 1.807) is 0 Å². The van der Waals surface area contributed by atoms with Gasteiger partial charge in [-0.05, 0) is 0 Å². The lowest BCUT2D eigenvalue weighted by molar-refractivity contribution is 0.600. The molecule has 0 atom stereocenters. The molecule has 0 spiro atoms. The Bertz CT molecular complexity index is 99.9. The molecule has 8 heteroatoms. The van der Waals surface area contributed by atoms with E-state index in [9.17, 15) is 4.55 Å². The molecular formula is C2Br6OS. The molecule has 0 rings (SSSR count). The Labute approximate surface area is 112 Å². The molecule has 0 bridgehead atoms. The van der Waals surface area contributed by atoms with Crippen LogP contribution in [-0.2, 0) is 11.2 Å². The Morgan fingerprint density at radius 3 is 1.00 bits per heavy atom. The number of rotatable bonds is 0. The summed E-state index contributed by atoms with van der Waals surface area (Å²) in [4.78, 5) is 0. The van der Waals surface area contributed by atoms with Gasteiger partial charge in [-0.1, -0.05) is 0 Å². The number of hydrogen-bond acceptors (Lipinski definition) is 1. The molecule has 0 amide bonds. The van der Waals surface area contributed by atoms with Gasteiger partial charge in [-0.15, -0.1) is 0 Å². The monoisotopic (exact) mass is 545 g/mol. The quantitative estimate of drug-likeness (QED) is 0.325. The lowest BCUT2D eigenvalue weighted by atomic mass is 11.9. The highest BCUT2D eigenvalue weighted by Crippen LogP contribution is 2.52. The zero-order valence-electron chi connectivity index (χ0n) is 4.08. The zero-order valence-corrected chi connectivity index (χ0v) is 14.4. The van der Waals surface area contributed by atoms with E-state index < -0.39 is 14.1 Å². The average Bonchev–Trinajstić information content (AvgIpc) is 1.59. The normalized spacial score (nSPS) is 14.4. The van der Waals surface area contributed by atoms with E-state index in [4.69, 9.17) is 0 Å². The predicted molar refractivity (Wildman–Crippen MR) is 67.2 cm³/mol. The zero-order chi connectivity index (χ0) is 8.58. The van der Waals surface area contributed by atoms with E-state index in [1.807, 2.05) is 0 Å². The Morgan fingerprint density at radius 2 is 1.00 bits per heavy atom. The maximum atomic E-state index is 11.3. The molecule has 62 valence electrons. The van der Waals surface area contributed by atoms with Crippen LogP contribution >= 0.6 is 95.6 Å². The summed E-state index contributed by atoms with van der Waals surface area (Å²) in [5, 5.41) is 0. The molecule has 10 heavy (non-hydrogen) atoms. The van der Waals surface area contributed by atoms with E-state index >= 15 is 0 Å². The van der Waals surface area contributed by atoms with Crippen molar-refractivity contribution in [3.05, 3.63) is 0 Å². The standard InChI is InChI=1S/C2Br6OS/c3-1(4,5)10(9)2(6,7)8. The molecule has 0 fully saturated rings. The molecule has 0 aromatic carbocycles. The lowest BCUT2D eigenvalue weighted by Gasteiger charge is -2.25. The first kappa shape index (κ1) is 13.2. The maximum absolute atomic E-state index is 11.3. The summed E-state index contributed by atoms with van der Waals surface area (Å²) in [7, 11) is 0. The van der Waals surface area contributed by atoms with E-state index in [0.717, 1.165) is 0 Å². The third-order valence-corrected chi connectivity index (χ3v) is 6.55. The van der Waals surface area contributed by atoms with Gasteiger partial charge in [0.25, 0.3) is 2.95 Å². The molecule has 0 aliphatic heterocycles. The SMILES string of the molecule is [O-][S+](C(Br)(Br)Br)C(Br)(Br)Br. The van der Waals surface area contributed by atoms with E-state index in [0.29, 0.717) is 0 Å². The molecule has 0 N–H and O–H groups in total. The van der Waals surface area contributed by atoms with Gasteiger partial charge in [-0.25, -0.2) is 0 Å². The third-order valence-electron chi connectivity index (χ3n) is 0.420. The number of alkyl halides is 6. The van der Waals surface area contributed by atoms with Crippen LogP contribution in [0.15, 0.2) is 0 Å². The first-order valence-electron chi connectivity index (χ1n) is 1.71. The summed E-state index contributed by atoms with van der Waals surface area (Å²) in [6.45, 7) is 0. The number of halogens is 6. The van der Waals surface area contributed by atoms with Gasteiger partial charge < -0.3 is 4.55 Å². The van der Waals surface area contributed by atoms with E-state index in [-0.39, 0.29) is 0 Å². The summed E-state index contributed by atoms with van der Waals surface area (Å²) in [6, 6.07) is 0. The highest BCUT2D eigenvalue weighted by molar-refractivity contribution is 9.46. The Morgan fingerprint density at radius 1 is 0.800 bits per heavy atom. The van der Waals surface area contributed by atoms with Crippen molar-refractivity contribution in [3.63, 3.8) is 0 Å². The van der Waals surface area contributed by atoms with Gasteiger partial charge in [0.2, 0.25) is 0 Å². The molecule has 0 aliphatic carbocycles. The second-order valence-electron chi connectivity index (χ2n) is 1.16. The molecule has 0 heterocycles. The van der Waals surface area contributed by atoms with Gasteiger partial charge in [0, 0.05) is 107 Å². The van der Waals surface area contributed by atoms with Crippen LogP contribution in [-0.4, -0.2) is 7.50 Å². The van der Waals surface area contributed by atoms with Gasteiger partial charge in [0.1, 0.15) is 0 Å². The molecular weight excluding hydrogens is 552 g/mol. The van der Waals surface area contributed by atoms with Crippen molar-refractivity contribution >= 4 is 107 Å². The lowest BCUT2D eigenvalue weighted by Crippen LogP contribution is -2.29. The van der Waals surface area contributed by atoms with Crippen LogP contribution in [0, 0.1) is 0 Å². The topological polar surface area (TPSA) is 23.1 Å². The van der Waals surface area contributed by atoms with Crippen LogP contribution in [0.2, 0.25) is 0 Å². The second kappa shape index (κ2) is 4.61. The predicted octanol–water partition coefficient (Wildman–Crippen LogP) is 4.33. The van der Waals surface area contributed by atoms with Gasteiger partial charge in [-0.2, -0.15) is 0 Å². The Kier molecular flexibility index (Phi) is 6.08. The van der Waals surface area contributed by atoms with Crippen molar-refractivity contribution in [1.29, 1.82) is 0 Å². The van der Waals surface area contributed by atoms with Crippen LogP contribution in [0.1, 0.15) is 0 Å². The van der Waals surface area contributed by atoms with Gasteiger partial charge in [0.15, 0.2) is 0 Å². The summed E-state index contributed by atoms with van der Waals surface area (Å²) in [6.07, 6.45) is 0. The molecule has 1 nitrogen and oxygen atoms in total. The van der Waals surface area contributed by atoms with Crippen molar-refractivity contribution < 1.29 is 4.55 Å². The number of hydrogen-bond donors (Lipinski definition) is 0. The molecule has 0 radical (unpaired) electrons. The molecule has 0 aromatic rings. The van der Waals surface area contributed by atoms with E-state index in [2.05, 4.69) is 95.6 Å². The highest BCUT2D eigenvalue weighted by atomic mass is 80.0. The minimum Gasteiger partial charge on any atom is -0.611 e. The maximum Gasteiger partial charge on any atom is 0.288 e.